The summed E-state index contributed by atoms with van der Waals surface area (Å²) in [5.41, 5.74) is 1.16. The minimum absolute atomic E-state index is 0.0374. The Kier molecular flexibility index (Phi) is 4.56. The number of carbonyl (C=O) groups excluding carboxylic acids is 1. The molecular formula is C19H30O5. The molecule has 0 aromatic carbocycles. The van der Waals surface area contributed by atoms with E-state index in [0.29, 0.717) is 5.92 Å². The standard InChI is InChI=1S/C19H30O5/c1-11(20)23-14-9-10-19(4)13(18(14,2)3)8-7-12-15(19)17(22-6)24-16(12)21-5/h7,13-17H,8-10H2,1-6H3/t13?,14-,15+,16+,17+,19-/m0/s1. The zero-order chi connectivity index (χ0) is 17.7. The molecule has 5 nitrogen and oxygen atoms in total. The first-order valence-electron chi connectivity index (χ1n) is 8.84. The Balaban J connectivity index is 1.97. The topological polar surface area (TPSA) is 54.0 Å². The molecule has 3 rings (SSSR count). The van der Waals surface area contributed by atoms with E-state index >= 15 is 0 Å². The molecule has 0 bridgehead atoms. The van der Waals surface area contributed by atoms with Crippen molar-refractivity contribution in [2.45, 2.75) is 65.6 Å². The molecule has 1 heterocycles. The Labute approximate surface area is 144 Å². The monoisotopic (exact) mass is 338 g/mol. The first-order valence-corrected chi connectivity index (χ1v) is 8.84. The van der Waals surface area contributed by atoms with Gasteiger partial charge in [-0.15, -0.1) is 0 Å². The Morgan fingerprint density at radius 2 is 1.96 bits per heavy atom. The van der Waals surface area contributed by atoms with Crippen molar-refractivity contribution in [3.05, 3.63) is 11.6 Å². The molecule has 5 heteroatoms. The second-order valence-electron chi connectivity index (χ2n) is 8.24. The fraction of sp³-hybridized carbons (Fsp3) is 0.842. The predicted octanol–water partition coefficient (Wildman–Crippen LogP) is 3.28. The largest absolute Gasteiger partial charge is 0.462 e. The molecule has 0 spiro atoms. The molecule has 1 saturated carbocycles. The van der Waals surface area contributed by atoms with Crippen LogP contribution in [0.15, 0.2) is 11.6 Å². The highest BCUT2D eigenvalue weighted by Gasteiger charge is 2.61. The van der Waals surface area contributed by atoms with Crippen LogP contribution >= 0.6 is 0 Å². The van der Waals surface area contributed by atoms with Crippen LogP contribution in [-0.4, -0.2) is 38.9 Å². The molecule has 3 aliphatic rings. The van der Waals surface area contributed by atoms with Gasteiger partial charge < -0.3 is 18.9 Å². The van der Waals surface area contributed by atoms with E-state index in [4.69, 9.17) is 18.9 Å². The normalized spacial score (nSPS) is 43.6. The number of ether oxygens (including phenoxy) is 4. The van der Waals surface area contributed by atoms with Crippen LogP contribution in [-0.2, 0) is 23.7 Å². The summed E-state index contributed by atoms with van der Waals surface area (Å²) >= 11 is 0. The zero-order valence-corrected chi connectivity index (χ0v) is 15.6. The van der Waals surface area contributed by atoms with Gasteiger partial charge in [0.1, 0.15) is 6.10 Å². The average molecular weight is 338 g/mol. The van der Waals surface area contributed by atoms with E-state index in [-0.39, 0.29) is 41.4 Å². The molecule has 1 unspecified atom stereocenters. The fourth-order valence-electron chi connectivity index (χ4n) is 5.55. The number of allylic oxidation sites excluding steroid dienone is 1. The summed E-state index contributed by atoms with van der Waals surface area (Å²) in [6, 6.07) is 0. The third-order valence-corrected chi connectivity index (χ3v) is 6.68. The van der Waals surface area contributed by atoms with Crippen LogP contribution in [0.3, 0.4) is 0 Å². The van der Waals surface area contributed by atoms with Crippen molar-refractivity contribution < 1.29 is 23.7 Å². The zero-order valence-electron chi connectivity index (χ0n) is 15.6. The van der Waals surface area contributed by atoms with Gasteiger partial charge in [0.25, 0.3) is 0 Å². The first kappa shape index (κ1) is 17.9. The SMILES string of the molecule is CO[C@@H]1O[C@@H](OC)[C@H]2C1=CCC1C(C)(C)[C@@H](OC(C)=O)CC[C@@]12C. The quantitative estimate of drug-likeness (QED) is 0.584. The van der Waals surface area contributed by atoms with Gasteiger partial charge in [-0.2, -0.15) is 0 Å². The highest BCUT2D eigenvalue weighted by Crippen LogP contribution is 2.63. The van der Waals surface area contributed by atoms with Gasteiger partial charge in [-0.3, -0.25) is 4.79 Å². The maximum Gasteiger partial charge on any atom is 0.302 e. The third-order valence-electron chi connectivity index (χ3n) is 6.68. The molecule has 0 N–H and O–H groups in total. The highest BCUT2D eigenvalue weighted by atomic mass is 16.8. The van der Waals surface area contributed by atoms with Crippen LogP contribution < -0.4 is 0 Å². The number of esters is 1. The van der Waals surface area contributed by atoms with Crippen molar-refractivity contribution >= 4 is 5.97 Å². The summed E-state index contributed by atoms with van der Waals surface area (Å²) in [5.74, 6) is 0.389. The molecule has 0 radical (unpaired) electrons. The van der Waals surface area contributed by atoms with Gasteiger partial charge in [0, 0.05) is 32.5 Å². The fourth-order valence-corrected chi connectivity index (χ4v) is 5.55. The van der Waals surface area contributed by atoms with E-state index in [1.54, 1.807) is 14.2 Å². The van der Waals surface area contributed by atoms with Crippen molar-refractivity contribution in [3.63, 3.8) is 0 Å². The number of carbonyl (C=O) groups is 1. The van der Waals surface area contributed by atoms with Gasteiger partial charge in [-0.25, -0.2) is 0 Å². The lowest BCUT2D eigenvalue weighted by molar-refractivity contribution is -0.213. The number of rotatable bonds is 3. The summed E-state index contributed by atoms with van der Waals surface area (Å²) in [5, 5.41) is 0. The van der Waals surface area contributed by atoms with Crippen LogP contribution in [0.2, 0.25) is 0 Å². The van der Waals surface area contributed by atoms with Gasteiger partial charge in [-0.05, 0) is 36.2 Å². The van der Waals surface area contributed by atoms with Crippen molar-refractivity contribution in [1.82, 2.24) is 0 Å². The van der Waals surface area contributed by atoms with E-state index in [2.05, 4.69) is 26.8 Å². The minimum atomic E-state index is -0.313. The van der Waals surface area contributed by atoms with Gasteiger partial charge in [-0.1, -0.05) is 26.8 Å². The Bertz CT molecular complexity index is 540. The van der Waals surface area contributed by atoms with Gasteiger partial charge in [0.2, 0.25) is 0 Å². The maximum atomic E-state index is 11.5. The summed E-state index contributed by atoms with van der Waals surface area (Å²) < 4.78 is 22.8. The Hall–Kier alpha value is -0.910. The van der Waals surface area contributed by atoms with Crippen molar-refractivity contribution in [1.29, 1.82) is 0 Å². The van der Waals surface area contributed by atoms with Crippen molar-refractivity contribution in [3.8, 4) is 0 Å². The highest BCUT2D eigenvalue weighted by molar-refractivity contribution is 5.66. The smallest absolute Gasteiger partial charge is 0.302 e. The molecule has 6 atom stereocenters. The maximum absolute atomic E-state index is 11.5. The Morgan fingerprint density at radius 3 is 2.54 bits per heavy atom. The van der Waals surface area contributed by atoms with Crippen LogP contribution in [0.4, 0.5) is 0 Å². The van der Waals surface area contributed by atoms with Crippen LogP contribution in [0.5, 0.6) is 0 Å². The van der Waals surface area contributed by atoms with E-state index in [1.807, 2.05) is 0 Å². The van der Waals surface area contributed by atoms with Crippen LogP contribution in [0.1, 0.15) is 47.0 Å². The summed E-state index contributed by atoms with van der Waals surface area (Å²) in [6.07, 6.45) is 4.44. The van der Waals surface area contributed by atoms with Crippen molar-refractivity contribution in [2.24, 2.45) is 22.7 Å². The lowest BCUT2D eigenvalue weighted by Crippen LogP contribution is -2.56. The second kappa shape index (κ2) is 6.11. The van der Waals surface area contributed by atoms with Gasteiger partial charge >= 0.3 is 5.97 Å². The van der Waals surface area contributed by atoms with Crippen LogP contribution in [0, 0.1) is 22.7 Å². The third kappa shape index (κ3) is 2.52. The van der Waals surface area contributed by atoms with E-state index in [9.17, 15) is 4.79 Å². The summed E-state index contributed by atoms with van der Waals surface area (Å²) in [6.45, 7) is 8.30. The van der Waals surface area contributed by atoms with Gasteiger partial charge in [0.15, 0.2) is 12.6 Å². The average Bonchev–Trinajstić information content (AvgIpc) is 2.89. The molecule has 0 aromatic heterocycles. The molecule has 2 fully saturated rings. The Morgan fingerprint density at radius 1 is 1.25 bits per heavy atom. The molecule has 1 saturated heterocycles. The molecular weight excluding hydrogens is 308 g/mol. The second-order valence-corrected chi connectivity index (χ2v) is 8.24. The number of fused-ring (bicyclic) bond motifs is 3. The number of hydrogen-bond donors (Lipinski definition) is 0. The number of hydrogen-bond acceptors (Lipinski definition) is 5. The summed E-state index contributed by atoms with van der Waals surface area (Å²) in [7, 11) is 3.37. The lowest BCUT2D eigenvalue weighted by atomic mass is 9.48. The molecule has 1 aliphatic heterocycles. The molecule has 2 aliphatic carbocycles. The van der Waals surface area contributed by atoms with E-state index < -0.39 is 0 Å². The van der Waals surface area contributed by atoms with Gasteiger partial charge in [0.05, 0.1) is 0 Å². The van der Waals surface area contributed by atoms with E-state index in [1.165, 1.54) is 12.5 Å². The predicted molar refractivity (Wildman–Crippen MR) is 89.0 cm³/mol. The first-order chi connectivity index (χ1) is 11.3. The molecule has 136 valence electrons. The van der Waals surface area contributed by atoms with Crippen LogP contribution in [0.25, 0.3) is 0 Å². The lowest BCUT2D eigenvalue weighted by Gasteiger charge is -2.58. The minimum Gasteiger partial charge on any atom is -0.462 e. The number of methoxy groups -OCH3 is 2. The molecule has 24 heavy (non-hydrogen) atoms. The van der Waals surface area contributed by atoms with E-state index in [0.717, 1.165) is 19.3 Å². The molecule has 0 amide bonds. The van der Waals surface area contributed by atoms with Crippen molar-refractivity contribution in [2.75, 3.05) is 14.2 Å². The summed E-state index contributed by atoms with van der Waals surface area (Å²) in [4.78, 5) is 11.5. The molecule has 0 aromatic rings.